The number of anilines is 1. The number of aromatic nitrogens is 1. The first-order valence-electron chi connectivity index (χ1n) is 5.70. The summed E-state index contributed by atoms with van der Waals surface area (Å²) in [4.78, 5) is 26.7. The number of rotatable bonds is 5. The summed E-state index contributed by atoms with van der Waals surface area (Å²) >= 11 is 0. The molecule has 1 heterocycles. The maximum absolute atomic E-state index is 11.7. The number of carboxylic acids is 1. The van der Waals surface area contributed by atoms with Gasteiger partial charge in [-0.3, -0.25) is 4.98 Å². The number of aliphatic carboxylic acids is 1. The molecule has 98 valence electrons. The Hall–Kier alpha value is -2.11. The van der Waals surface area contributed by atoms with Crippen LogP contribution in [0, 0.1) is 0 Å². The van der Waals surface area contributed by atoms with E-state index in [1.165, 1.54) is 13.1 Å². The van der Waals surface area contributed by atoms with Crippen molar-refractivity contribution in [2.75, 3.05) is 5.32 Å². The highest BCUT2D eigenvalue weighted by molar-refractivity contribution is 5.93. The standard InChI is InChI=1S/C12H17N3O3/c1-3-6-12(2,10(16)17)15-11(18)14-9-5-4-7-13-8-9/h4-5,7-8H,3,6H2,1-2H3,(H,16,17)(H2,14,15,18). The van der Waals surface area contributed by atoms with Gasteiger partial charge in [0.2, 0.25) is 0 Å². The number of urea groups is 1. The SMILES string of the molecule is CCCC(C)(NC(=O)Nc1cccnc1)C(=O)O. The Labute approximate surface area is 105 Å². The lowest BCUT2D eigenvalue weighted by molar-refractivity contribution is -0.143. The van der Waals surface area contributed by atoms with E-state index < -0.39 is 17.5 Å². The highest BCUT2D eigenvalue weighted by Gasteiger charge is 2.33. The predicted octanol–water partition coefficient (Wildman–Crippen LogP) is 1.85. The fraction of sp³-hybridized carbons (Fsp3) is 0.417. The number of hydrogen-bond donors (Lipinski definition) is 3. The fourth-order valence-corrected chi connectivity index (χ4v) is 1.57. The Kier molecular flexibility index (Phi) is 4.65. The van der Waals surface area contributed by atoms with Crippen LogP contribution in [0.25, 0.3) is 0 Å². The molecule has 0 radical (unpaired) electrons. The minimum atomic E-state index is -1.26. The molecule has 1 atom stereocenters. The minimum absolute atomic E-state index is 0.364. The summed E-state index contributed by atoms with van der Waals surface area (Å²) in [5, 5.41) is 14.1. The normalized spacial score (nSPS) is 13.4. The molecule has 6 nitrogen and oxygen atoms in total. The van der Waals surface area contributed by atoms with Crippen LogP contribution in [0.15, 0.2) is 24.5 Å². The molecule has 3 N–H and O–H groups in total. The molecule has 2 amide bonds. The molecule has 0 fully saturated rings. The van der Waals surface area contributed by atoms with E-state index in [1.807, 2.05) is 6.92 Å². The lowest BCUT2D eigenvalue weighted by atomic mass is 9.97. The van der Waals surface area contributed by atoms with E-state index in [-0.39, 0.29) is 0 Å². The number of pyridine rings is 1. The monoisotopic (exact) mass is 251 g/mol. The first kappa shape index (κ1) is 14.0. The van der Waals surface area contributed by atoms with Crippen LogP contribution in [0.3, 0.4) is 0 Å². The Morgan fingerprint density at radius 3 is 2.72 bits per heavy atom. The van der Waals surface area contributed by atoms with Gasteiger partial charge in [0.05, 0.1) is 11.9 Å². The second-order valence-electron chi connectivity index (χ2n) is 4.21. The van der Waals surface area contributed by atoms with E-state index in [1.54, 1.807) is 18.3 Å². The van der Waals surface area contributed by atoms with E-state index in [0.717, 1.165) is 0 Å². The molecule has 1 unspecified atom stereocenters. The van der Waals surface area contributed by atoms with Gasteiger partial charge in [-0.2, -0.15) is 0 Å². The Morgan fingerprint density at radius 1 is 1.50 bits per heavy atom. The molecule has 18 heavy (non-hydrogen) atoms. The van der Waals surface area contributed by atoms with Crippen LogP contribution in [0.4, 0.5) is 10.5 Å². The Balaban J connectivity index is 2.65. The van der Waals surface area contributed by atoms with Gasteiger partial charge in [0, 0.05) is 6.20 Å². The van der Waals surface area contributed by atoms with Crippen LogP contribution in [0.5, 0.6) is 0 Å². The number of carbonyl (C=O) groups is 2. The van der Waals surface area contributed by atoms with Crippen LogP contribution < -0.4 is 10.6 Å². The molecule has 0 aliphatic rings. The number of nitrogens with zero attached hydrogens (tertiary/aromatic N) is 1. The van der Waals surface area contributed by atoms with E-state index in [9.17, 15) is 9.59 Å². The summed E-state index contributed by atoms with van der Waals surface area (Å²) in [6, 6.07) is 2.80. The molecular weight excluding hydrogens is 234 g/mol. The zero-order valence-electron chi connectivity index (χ0n) is 10.4. The summed E-state index contributed by atoms with van der Waals surface area (Å²) in [5.41, 5.74) is -0.750. The van der Waals surface area contributed by atoms with E-state index in [0.29, 0.717) is 18.5 Å². The molecule has 0 saturated carbocycles. The van der Waals surface area contributed by atoms with Crippen molar-refractivity contribution in [1.82, 2.24) is 10.3 Å². The Morgan fingerprint density at radius 2 is 2.22 bits per heavy atom. The van der Waals surface area contributed by atoms with Gasteiger partial charge in [0.25, 0.3) is 0 Å². The van der Waals surface area contributed by atoms with Crippen LogP contribution in [-0.4, -0.2) is 27.6 Å². The average molecular weight is 251 g/mol. The number of nitrogens with one attached hydrogen (secondary N) is 2. The summed E-state index contributed by atoms with van der Waals surface area (Å²) in [7, 11) is 0. The molecule has 1 rings (SSSR count). The van der Waals surface area contributed by atoms with Gasteiger partial charge >= 0.3 is 12.0 Å². The highest BCUT2D eigenvalue weighted by atomic mass is 16.4. The van der Waals surface area contributed by atoms with E-state index >= 15 is 0 Å². The van der Waals surface area contributed by atoms with Crippen molar-refractivity contribution in [3.63, 3.8) is 0 Å². The quantitative estimate of drug-likeness (QED) is 0.744. The maximum atomic E-state index is 11.7. The molecule has 0 aliphatic carbocycles. The molecule has 0 spiro atoms. The van der Waals surface area contributed by atoms with Crippen molar-refractivity contribution < 1.29 is 14.7 Å². The van der Waals surface area contributed by atoms with Crippen molar-refractivity contribution in [2.45, 2.75) is 32.2 Å². The Bertz CT molecular complexity index is 422. The third-order valence-electron chi connectivity index (χ3n) is 2.53. The van der Waals surface area contributed by atoms with Gasteiger partial charge in [0.1, 0.15) is 5.54 Å². The predicted molar refractivity (Wildman–Crippen MR) is 67.3 cm³/mol. The minimum Gasteiger partial charge on any atom is -0.480 e. The lowest BCUT2D eigenvalue weighted by Crippen LogP contribution is -2.53. The van der Waals surface area contributed by atoms with Crippen LogP contribution in [0.1, 0.15) is 26.7 Å². The van der Waals surface area contributed by atoms with Gasteiger partial charge in [-0.15, -0.1) is 0 Å². The third-order valence-corrected chi connectivity index (χ3v) is 2.53. The number of hydrogen-bond acceptors (Lipinski definition) is 3. The lowest BCUT2D eigenvalue weighted by Gasteiger charge is -2.25. The third kappa shape index (κ3) is 3.73. The molecule has 0 aliphatic heterocycles. The fourth-order valence-electron chi connectivity index (χ4n) is 1.57. The summed E-state index contributed by atoms with van der Waals surface area (Å²) in [6.45, 7) is 3.35. The molecule has 1 aromatic heterocycles. The second kappa shape index (κ2) is 6.00. The van der Waals surface area contributed by atoms with Crippen molar-refractivity contribution in [3.05, 3.63) is 24.5 Å². The first-order chi connectivity index (χ1) is 8.48. The number of carboxylic acid groups (broad SMARTS) is 1. The van der Waals surface area contributed by atoms with Gasteiger partial charge in [-0.1, -0.05) is 13.3 Å². The summed E-state index contributed by atoms with van der Waals surface area (Å²) in [5.74, 6) is -1.05. The average Bonchev–Trinajstić information content (AvgIpc) is 2.30. The largest absolute Gasteiger partial charge is 0.480 e. The summed E-state index contributed by atoms with van der Waals surface area (Å²) < 4.78 is 0. The molecular formula is C12H17N3O3. The number of carbonyl (C=O) groups excluding carboxylic acids is 1. The molecule has 0 aromatic carbocycles. The van der Waals surface area contributed by atoms with Gasteiger partial charge in [-0.25, -0.2) is 9.59 Å². The van der Waals surface area contributed by atoms with Crippen LogP contribution in [-0.2, 0) is 4.79 Å². The number of amides is 2. The van der Waals surface area contributed by atoms with Gasteiger partial charge < -0.3 is 15.7 Å². The maximum Gasteiger partial charge on any atom is 0.329 e. The van der Waals surface area contributed by atoms with Crippen LogP contribution >= 0.6 is 0 Å². The molecule has 6 heteroatoms. The highest BCUT2D eigenvalue weighted by Crippen LogP contribution is 2.13. The van der Waals surface area contributed by atoms with Crippen LogP contribution in [0.2, 0.25) is 0 Å². The van der Waals surface area contributed by atoms with E-state index in [2.05, 4.69) is 15.6 Å². The topological polar surface area (TPSA) is 91.3 Å². The molecule has 0 saturated heterocycles. The van der Waals surface area contributed by atoms with Gasteiger partial charge in [0.15, 0.2) is 0 Å². The van der Waals surface area contributed by atoms with Gasteiger partial charge in [-0.05, 0) is 25.5 Å². The molecule has 0 bridgehead atoms. The smallest absolute Gasteiger partial charge is 0.329 e. The zero-order valence-corrected chi connectivity index (χ0v) is 10.4. The second-order valence-corrected chi connectivity index (χ2v) is 4.21. The molecule has 1 aromatic rings. The first-order valence-corrected chi connectivity index (χ1v) is 5.70. The van der Waals surface area contributed by atoms with Crippen molar-refractivity contribution in [2.24, 2.45) is 0 Å². The zero-order chi connectivity index (χ0) is 13.6. The van der Waals surface area contributed by atoms with Crippen molar-refractivity contribution >= 4 is 17.7 Å². The van der Waals surface area contributed by atoms with E-state index in [4.69, 9.17) is 5.11 Å². The van der Waals surface area contributed by atoms with Crippen molar-refractivity contribution in [1.29, 1.82) is 0 Å². The van der Waals surface area contributed by atoms with Crippen molar-refractivity contribution in [3.8, 4) is 0 Å². The summed E-state index contributed by atoms with van der Waals surface area (Å²) in [6.07, 6.45) is 4.10.